The average molecular weight is 231 g/mol. The molecule has 1 rings (SSSR count). The van der Waals surface area contributed by atoms with E-state index in [1.807, 2.05) is 6.92 Å². The highest BCUT2D eigenvalue weighted by molar-refractivity contribution is 9.10. The first-order chi connectivity index (χ1) is 5.75. The van der Waals surface area contributed by atoms with Gasteiger partial charge in [0.05, 0.1) is 23.0 Å². The maximum atomic E-state index is 5.64. The predicted molar refractivity (Wildman–Crippen MR) is 52.1 cm³/mol. The van der Waals surface area contributed by atoms with E-state index in [0.29, 0.717) is 18.0 Å². The zero-order valence-electron chi connectivity index (χ0n) is 6.88. The van der Waals surface area contributed by atoms with Crippen LogP contribution < -0.4 is 10.5 Å². The molecule has 1 aromatic rings. The van der Waals surface area contributed by atoms with E-state index < -0.39 is 0 Å². The normalized spacial score (nSPS) is 9.83. The number of ether oxygens (including phenoxy) is 1. The average Bonchev–Trinajstić information content (AvgIpc) is 2.04. The topological polar surface area (TPSA) is 48.1 Å². The fourth-order valence-electron chi connectivity index (χ4n) is 0.795. The molecule has 0 unspecified atom stereocenters. The molecule has 0 saturated heterocycles. The summed E-state index contributed by atoms with van der Waals surface area (Å²) in [6.07, 6.45) is 4.21. The van der Waals surface area contributed by atoms with Crippen LogP contribution in [0.4, 0.5) is 5.69 Å². The molecule has 2 N–H and O–H groups in total. The smallest absolute Gasteiger partial charge is 0.159 e. The lowest BCUT2D eigenvalue weighted by Crippen LogP contribution is -2.00. The standard InChI is InChI=1S/C8H11BrN2O/c1-2-3-12-8-6(9)4-11-5-7(8)10/h4-5H,2-3,10H2,1H3. The molecule has 4 heteroatoms. The van der Waals surface area contributed by atoms with Crippen molar-refractivity contribution in [1.29, 1.82) is 0 Å². The molecule has 0 aliphatic carbocycles. The maximum Gasteiger partial charge on any atom is 0.159 e. The Morgan fingerprint density at radius 1 is 1.58 bits per heavy atom. The number of hydrogen-bond acceptors (Lipinski definition) is 3. The van der Waals surface area contributed by atoms with Gasteiger partial charge in [0.1, 0.15) is 0 Å². The number of pyridine rings is 1. The molecule has 0 atom stereocenters. The van der Waals surface area contributed by atoms with Gasteiger partial charge in [-0.3, -0.25) is 4.98 Å². The second-order valence-electron chi connectivity index (χ2n) is 2.39. The van der Waals surface area contributed by atoms with Gasteiger partial charge in [-0.2, -0.15) is 0 Å². The van der Waals surface area contributed by atoms with Gasteiger partial charge in [-0.05, 0) is 22.4 Å². The SMILES string of the molecule is CCCOc1c(N)cncc1Br. The second-order valence-corrected chi connectivity index (χ2v) is 3.24. The first kappa shape index (κ1) is 9.32. The summed E-state index contributed by atoms with van der Waals surface area (Å²) in [5.41, 5.74) is 6.21. The Balaban J connectivity index is 2.81. The third-order valence-electron chi connectivity index (χ3n) is 1.33. The Kier molecular flexibility index (Phi) is 3.34. The van der Waals surface area contributed by atoms with Gasteiger partial charge in [0.15, 0.2) is 5.75 Å². The Morgan fingerprint density at radius 2 is 2.33 bits per heavy atom. The Bertz CT molecular complexity index is 245. The number of nitrogens with two attached hydrogens (primary N) is 1. The zero-order chi connectivity index (χ0) is 8.97. The molecule has 0 amide bonds. The molecule has 0 aromatic carbocycles. The highest BCUT2D eigenvalue weighted by atomic mass is 79.9. The largest absolute Gasteiger partial charge is 0.490 e. The zero-order valence-corrected chi connectivity index (χ0v) is 8.47. The predicted octanol–water partition coefficient (Wildman–Crippen LogP) is 2.22. The van der Waals surface area contributed by atoms with E-state index in [2.05, 4.69) is 20.9 Å². The van der Waals surface area contributed by atoms with Crippen molar-refractivity contribution in [1.82, 2.24) is 4.98 Å². The molecular formula is C8H11BrN2O. The summed E-state index contributed by atoms with van der Waals surface area (Å²) >= 11 is 3.31. The third-order valence-corrected chi connectivity index (χ3v) is 1.90. The lowest BCUT2D eigenvalue weighted by molar-refractivity contribution is 0.317. The van der Waals surface area contributed by atoms with Crippen molar-refractivity contribution in [3.63, 3.8) is 0 Å². The summed E-state index contributed by atoms with van der Waals surface area (Å²) in [6.45, 7) is 2.72. The van der Waals surface area contributed by atoms with Crippen molar-refractivity contribution in [2.75, 3.05) is 12.3 Å². The molecule has 0 bridgehead atoms. The summed E-state index contributed by atoms with van der Waals surface area (Å²) in [6, 6.07) is 0. The van der Waals surface area contributed by atoms with Crippen LogP contribution in [0.2, 0.25) is 0 Å². The van der Waals surface area contributed by atoms with Crippen molar-refractivity contribution in [2.24, 2.45) is 0 Å². The number of aromatic nitrogens is 1. The van der Waals surface area contributed by atoms with Crippen LogP contribution in [0.1, 0.15) is 13.3 Å². The van der Waals surface area contributed by atoms with Crippen LogP contribution in [-0.4, -0.2) is 11.6 Å². The van der Waals surface area contributed by atoms with Crippen LogP contribution in [0, 0.1) is 0 Å². The fraction of sp³-hybridized carbons (Fsp3) is 0.375. The minimum Gasteiger partial charge on any atom is -0.490 e. The van der Waals surface area contributed by atoms with Crippen LogP contribution in [0.15, 0.2) is 16.9 Å². The van der Waals surface area contributed by atoms with Crippen LogP contribution >= 0.6 is 15.9 Å². The highest BCUT2D eigenvalue weighted by Crippen LogP contribution is 2.29. The van der Waals surface area contributed by atoms with E-state index in [0.717, 1.165) is 10.9 Å². The van der Waals surface area contributed by atoms with Crippen molar-refractivity contribution in [3.8, 4) is 5.75 Å². The van der Waals surface area contributed by atoms with Gasteiger partial charge in [-0.25, -0.2) is 0 Å². The molecule has 0 fully saturated rings. The molecule has 0 aliphatic rings. The number of rotatable bonds is 3. The van der Waals surface area contributed by atoms with Gasteiger partial charge in [0.25, 0.3) is 0 Å². The van der Waals surface area contributed by atoms with Crippen molar-refractivity contribution < 1.29 is 4.74 Å². The lowest BCUT2D eigenvalue weighted by Gasteiger charge is -2.08. The van der Waals surface area contributed by atoms with Gasteiger partial charge in [0.2, 0.25) is 0 Å². The maximum absolute atomic E-state index is 5.64. The molecule has 1 heterocycles. The number of hydrogen-bond donors (Lipinski definition) is 1. The Morgan fingerprint density at radius 3 is 2.92 bits per heavy atom. The monoisotopic (exact) mass is 230 g/mol. The van der Waals surface area contributed by atoms with Crippen LogP contribution in [-0.2, 0) is 0 Å². The minimum atomic E-state index is 0.567. The Hall–Kier alpha value is -0.770. The van der Waals surface area contributed by atoms with Crippen LogP contribution in [0.5, 0.6) is 5.75 Å². The second kappa shape index (κ2) is 4.30. The van der Waals surface area contributed by atoms with Crippen molar-refractivity contribution in [2.45, 2.75) is 13.3 Å². The summed E-state index contributed by atoms with van der Waals surface area (Å²) in [4.78, 5) is 3.90. The first-order valence-electron chi connectivity index (χ1n) is 3.77. The first-order valence-corrected chi connectivity index (χ1v) is 4.56. The van der Waals surface area contributed by atoms with Gasteiger partial charge in [-0.1, -0.05) is 6.92 Å². The fourth-order valence-corrected chi connectivity index (χ4v) is 1.26. The third kappa shape index (κ3) is 2.11. The van der Waals surface area contributed by atoms with E-state index in [1.165, 1.54) is 0 Å². The number of nitrogen functional groups attached to an aromatic ring is 1. The summed E-state index contributed by atoms with van der Waals surface area (Å²) in [5, 5.41) is 0. The lowest BCUT2D eigenvalue weighted by atomic mass is 10.4. The van der Waals surface area contributed by atoms with Crippen LogP contribution in [0.25, 0.3) is 0 Å². The molecule has 0 radical (unpaired) electrons. The quantitative estimate of drug-likeness (QED) is 0.867. The summed E-state index contributed by atoms with van der Waals surface area (Å²) < 4.78 is 6.21. The molecule has 66 valence electrons. The molecular weight excluding hydrogens is 220 g/mol. The minimum absolute atomic E-state index is 0.567. The van der Waals surface area contributed by atoms with Crippen molar-refractivity contribution in [3.05, 3.63) is 16.9 Å². The summed E-state index contributed by atoms with van der Waals surface area (Å²) in [5.74, 6) is 0.687. The summed E-state index contributed by atoms with van der Waals surface area (Å²) in [7, 11) is 0. The van der Waals surface area contributed by atoms with E-state index in [-0.39, 0.29) is 0 Å². The van der Waals surface area contributed by atoms with E-state index >= 15 is 0 Å². The molecule has 1 aromatic heterocycles. The number of anilines is 1. The highest BCUT2D eigenvalue weighted by Gasteiger charge is 2.04. The van der Waals surface area contributed by atoms with E-state index in [4.69, 9.17) is 10.5 Å². The van der Waals surface area contributed by atoms with Crippen LogP contribution in [0.3, 0.4) is 0 Å². The van der Waals surface area contributed by atoms with E-state index in [9.17, 15) is 0 Å². The van der Waals surface area contributed by atoms with Gasteiger partial charge in [-0.15, -0.1) is 0 Å². The molecule has 0 aliphatic heterocycles. The van der Waals surface area contributed by atoms with E-state index in [1.54, 1.807) is 12.4 Å². The van der Waals surface area contributed by atoms with Gasteiger partial charge < -0.3 is 10.5 Å². The molecule has 12 heavy (non-hydrogen) atoms. The number of nitrogens with zero attached hydrogens (tertiary/aromatic N) is 1. The van der Waals surface area contributed by atoms with Gasteiger partial charge in [0, 0.05) is 6.20 Å². The molecule has 0 saturated carbocycles. The molecule has 0 spiro atoms. The van der Waals surface area contributed by atoms with Crippen molar-refractivity contribution >= 4 is 21.6 Å². The number of halogens is 1. The van der Waals surface area contributed by atoms with Gasteiger partial charge >= 0.3 is 0 Å². The Labute approximate surface area is 80.1 Å². The molecule has 3 nitrogen and oxygen atoms in total.